The monoisotopic (exact) mass is 310 g/mol. The van der Waals surface area contributed by atoms with Crippen molar-refractivity contribution in [3.8, 4) is 5.75 Å². The highest BCUT2D eigenvalue weighted by atomic mass is 19.3. The number of hydrogen-bond donors (Lipinski definition) is 2. The average molecular weight is 310 g/mol. The Hall–Kier alpha value is -1.69. The number of carbonyl (C=O) groups excluding carboxylic acids is 1. The van der Waals surface area contributed by atoms with Crippen molar-refractivity contribution in [2.75, 3.05) is 13.1 Å². The molecule has 1 heterocycles. The molecule has 22 heavy (non-hydrogen) atoms. The lowest BCUT2D eigenvalue weighted by Crippen LogP contribution is -2.36. The van der Waals surface area contributed by atoms with Crippen LogP contribution in [-0.4, -0.2) is 25.6 Å². The van der Waals surface area contributed by atoms with Gasteiger partial charge in [-0.05, 0) is 55.5 Å². The SMILES string of the molecule is O=C(NC1CCCc2cc(OC(F)F)ccc21)C1CCNC1. The van der Waals surface area contributed by atoms with Crippen molar-refractivity contribution in [2.45, 2.75) is 38.3 Å². The van der Waals surface area contributed by atoms with E-state index in [0.29, 0.717) is 0 Å². The summed E-state index contributed by atoms with van der Waals surface area (Å²) in [5, 5.41) is 6.30. The van der Waals surface area contributed by atoms with Gasteiger partial charge in [-0.1, -0.05) is 6.07 Å². The number of alkyl halides is 2. The van der Waals surface area contributed by atoms with Crippen LogP contribution in [0, 0.1) is 5.92 Å². The van der Waals surface area contributed by atoms with Crippen LogP contribution in [0.2, 0.25) is 0 Å². The van der Waals surface area contributed by atoms with Crippen molar-refractivity contribution >= 4 is 5.91 Å². The predicted octanol–water partition coefficient (Wildman–Crippen LogP) is 2.39. The summed E-state index contributed by atoms with van der Waals surface area (Å²) in [4.78, 5) is 12.3. The van der Waals surface area contributed by atoms with E-state index in [-0.39, 0.29) is 23.6 Å². The Morgan fingerprint density at radius 3 is 2.95 bits per heavy atom. The molecule has 3 rings (SSSR count). The average Bonchev–Trinajstić information content (AvgIpc) is 3.01. The molecule has 0 bridgehead atoms. The molecule has 1 aromatic carbocycles. The number of benzene rings is 1. The number of carbonyl (C=O) groups is 1. The Morgan fingerprint density at radius 1 is 1.36 bits per heavy atom. The molecule has 0 spiro atoms. The molecule has 2 unspecified atom stereocenters. The molecule has 1 aliphatic carbocycles. The first-order valence-electron chi connectivity index (χ1n) is 7.72. The molecule has 2 aliphatic rings. The summed E-state index contributed by atoms with van der Waals surface area (Å²) in [6, 6.07) is 4.98. The van der Waals surface area contributed by atoms with Crippen molar-refractivity contribution in [3.05, 3.63) is 29.3 Å². The van der Waals surface area contributed by atoms with Crippen molar-refractivity contribution in [1.29, 1.82) is 0 Å². The molecule has 1 amide bonds. The van der Waals surface area contributed by atoms with E-state index in [1.165, 1.54) is 0 Å². The minimum absolute atomic E-state index is 0.0301. The maximum absolute atomic E-state index is 12.3. The largest absolute Gasteiger partial charge is 0.435 e. The van der Waals surface area contributed by atoms with Crippen molar-refractivity contribution in [1.82, 2.24) is 10.6 Å². The van der Waals surface area contributed by atoms with Crippen LogP contribution in [-0.2, 0) is 11.2 Å². The van der Waals surface area contributed by atoms with E-state index in [9.17, 15) is 13.6 Å². The van der Waals surface area contributed by atoms with Gasteiger partial charge in [0.15, 0.2) is 0 Å². The van der Waals surface area contributed by atoms with Gasteiger partial charge in [-0.3, -0.25) is 4.79 Å². The molecular weight excluding hydrogens is 290 g/mol. The molecule has 0 radical (unpaired) electrons. The second-order valence-corrected chi connectivity index (χ2v) is 5.88. The van der Waals surface area contributed by atoms with Crippen LogP contribution < -0.4 is 15.4 Å². The molecule has 1 aliphatic heterocycles. The van der Waals surface area contributed by atoms with Gasteiger partial charge in [0, 0.05) is 6.54 Å². The molecule has 0 aromatic heterocycles. The third-order valence-electron chi connectivity index (χ3n) is 4.40. The fourth-order valence-electron chi connectivity index (χ4n) is 3.28. The van der Waals surface area contributed by atoms with Crippen LogP contribution >= 0.6 is 0 Å². The number of amides is 1. The van der Waals surface area contributed by atoms with Gasteiger partial charge >= 0.3 is 6.61 Å². The second kappa shape index (κ2) is 6.60. The Balaban J connectivity index is 1.72. The highest BCUT2D eigenvalue weighted by Crippen LogP contribution is 2.33. The van der Waals surface area contributed by atoms with E-state index in [1.54, 1.807) is 18.2 Å². The molecule has 0 saturated carbocycles. The Kier molecular flexibility index (Phi) is 4.57. The van der Waals surface area contributed by atoms with Crippen LogP contribution in [0.1, 0.15) is 36.4 Å². The fraction of sp³-hybridized carbons (Fsp3) is 0.562. The fourth-order valence-corrected chi connectivity index (χ4v) is 3.28. The molecule has 4 nitrogen and oxygen atoms in total. The quantitative estimate of drug-likeness (QED) is 0.898. The van der Waals surface area contributed by atoms with E-state index in [2.05, 4.69) is 15.4 Å². The van der Waals surface area contributed by atoms with E-state index < -0.39 is 6.61 Å². The molecule has 120 valence electrons. The predicted molar refractivity (Wildman–Crippen MR) is 77.9 cm³/mol. The van der Waals surface area contributed by atoms with E-state index in [0.717, 1.165) is 49.9 Å². The summed E-state index contributed by atoms with van der Waals surface area (Å²) >= 11 is 0. The number of aryl methyl sites for hydroxylation is 1. The first-order chi connectivity index (χ1) is 10.6. The highest BCUT2D eigenvalue weighted by Gasteiger charge is 2.27. The van der Waals surface area contributed by atoms with Crippen LogP contribution in [0.4, 0.5) is 8.78 Å². The maximum atomic E-state index is 12.3. The Morgan fingerprint density at radius 2 is 2.23 bits per heavy atom. The zero-order valence-corrected chi connectivity index (χ0v) is 12.3. The molecule has 2 N–H and O–H groups in total. The normalized spacial score (nSPS) is 24.1. The Labute approximate surface area is 128 Å². The molecule has 1 fully saturated rings. The van der Waals surface area contributed by atoms with Crippen LogP contribution in [0.15, 0.2) is 18.2 Å². The van der Waals surface area contributed by atoms with Crippen LogP contribution in [0.5, 0.6) is 5.75 Å². The number of fused-ring (bicyclic) bond motifs is 1. The van der Waals surface area contributed by atoms with Gasteiger partial charge in [-0.15, -0.1) is 0 Å². The maximum Gasteiger partial charge on any atom is 0.387 e. The molecule has 1 aromatic rings. The summed E-state index contributed by atoms with van der Waals surface area (Å²) in [5.41, 5.74) is 2.01. The number of halogens is 2. The Bertz CT molecular complexity index is 545. The van der Waals surface area contributed by atoms with E-state index in [1.807, 2.05) is 0 Å². The minimum atomic E-state index is -2.81. The number of nitrogens with one attached hydrogen (secondary N) is 2. The molecular formula is C16H20F2N2O2. The second-order valence-electron chi connectivity index (χ2n) is 5.88. The smallest absolute Gasteiger partial charge is 0.387 e. The first-order valence-corrected chi connectivity index (χ1v) is 7.72. The summed E-state index contributed by atoms with van der Waals surface area (Å²) < 4.78 is 29.0. The van der Waals surface area contributed by atoms with Gasteiger partial charge in [0.05, 0.1) is 12.0 Å². The van der Waals surface area contributed by atoms with E-state index >= 15 is 0 Å². The summed E-state index contributed by atoms with van der Waals surface area (Å²) in [5.74, 6) is 0.295. The number of ether oxygens (including phenoxy) is 1. The molecule has 2 atom stereocenters. The van der Waals surface area contributed by atoms with Gasteiger partial charge in [0.25, 0.3) is 0 Å². The van der Waals surface area contributed by atoms with E-state index in [4.69, 9.17) is 0 Å². The van der Waals surface area contributed by atoms with Gasteiger partial charge in [0.1, 0.15) is 5.75 Å². The minimum Gasteiger partial charge on any atom is -0.435 e. The third-order valence-corrected chi connectivity index (χ3v) is 4.40. The number of hydrogen-bond acceptors (Lipinski definition) is 3. The number of rotatable bonds is 4. The lowest BCUT2D eigenvalue weighted by molar-refractivity contribution is -0.125. The lowest BCUT2D eigenvalue weighted by Gasteiger charge is -2.27. The molecule has 6 heteroatoms. The highest BCUT2D eigenvalue weighted by molar-refractivity contribution is 5.79. The van der Waals surface area contributed by atoms with Gasteiger partial charge < -0.3 is 15.4 Å². The van der Waals surface area contributed by atoms with Gasteiger partial charge in [-0.25, -0.2) is 0 Å². The zero-order valence-electron chi connectivity index (χ0n) is 12.3. The van der Waals surface area contributed by atoms with Crippen LogP contribution in [0.3, 0.4) is 0 Å². The first kappa shape index (κ1) is 15.2. The van der Waals surface area contributed by atoms with Crippen LogP contribution in [0.25, 0.3) is 0 Å². The van der Waals surface area contributed by atoms with Crippen molar-refractivity contribution in [2.24, 2.45) is 5.92 Å². The summed E-state index contributed by atoms with van der Waals surface area (Å²) in [6.07, 6.45) is 3.51. The van der Waals surface area contributed by atoms with Crippen molar-refractivity contribution in [3.63, 3.8) is 0 Å². The lowest BCUT2D eigenvalue weighted by atomic mass is 9.87. The van der Waals surface area contributed by atoms with Gasteiger partial charge in [-0.2, -0.15) is 8.78 Å². The summed E-state index contributed by atoms with van der Waals surface area (Å²) in [7, 11) is 0. The van der Waals surface area contributed by atoms with Crippen molar-refractivity contribution < 1.29 is 18.3 Å². The zero-order chi connectivity index (χ0) is 15.5. The summed E-state index contributed by atoms with van der Waals surface area (Å²) in [6.45, 7) is -1.20. The third kappa shape index (κ3) is 3.38. The standard InChI is InChI=1S/C16H20F2N2O2/c17-16(18)22-12-4-5-13-10(8-12)2-1-3-14(13)20-15(21)11-6-7-19-9-11/h4-5,8,11,14,16,19H,1-3,6-7,9H2,(H,20,21). The van der Waals surface area contributed by atoms with Gasteiger partial charge in [0.2, 0.25) is 5.91 Å². The molecule has 1 saturated heterocycles. The topological polar surface area (TPSA) is 50.4 Å².